The summed E-state index contributed by atoms with van der Waals surface area (Å²) in [4.78, 5) is 14.6. The van der Waals surface area contributed by atoms with Crippen LogP contribution in [0.2, 0.25) is 0 Å². The topological polar surface area (TPSA) is 53.7 Å². The summed E-state index contributed by atoms with van der Waals surface area (Å²) in [6.07, 6.45) is 0.608. The third-order valence-electron chi connectivity index (χ3n) is 4.87. The van der Waals surface area contributed by atoms with Gasteiger partial charge in [-0.05, 0) is 44.5 Å². The van der Waals surface area contributed by atoms with Crippen LogP contribution in [-0.4, -0.2) is 34.6 Å². The molecule has 1 amide bonds. The van der Waals surface area contributed by atoms with Crippen molar-refractivity contribution >= 4 is 5.91 Å². The zero-order chi connectivity index (χ0) is 16.6. The van der Waals surface area contributed by atoms with Gasteiger partial charge in [-0.15, -0.1) is 0 Å². The third kappa shape index (κ3) is 3.17. The lowest BCUT2D eigenvalue weighted by Gasteiger charge is -2.41. The van der Waals surface area contributed by atoms with E-state index >= 15 is 0 Å². The van der Waals surface area contributed by atoms with Gasteiger partial charge in [0.05, 0.1) is 5.60 Å². The van der Waals surface area contributed by atoms with E-state index in [1.807, 2.05) is 62.1 Å². The van der Waals surface area contributed by atoms with E-state index in [1.165, 1.54) is 0 Å². The van der Waals surface area contributed by atoms with Gasteiger partial charge in [0.1, 0.15) is 11.5 Å². The van der Waals surface area contributed by atoms with Crippen LogP contribution in [0.25, 0.3) is 11.3 Å². The molecule has 1 fully saturated rings. The SMILES string of the molecule is Cc1ccc(-c2cccc(C(=O)N3CC[C@](C)(O)[C@H](C)C3)c2)o1. The molecule has 0 aliphatic carbocycles. The second kappa shape index (κ2) is 5.85. The maximum Gasteiger partial charge on any atom is 0.253 e. The molecule has 23 heavy (non-hydrogen) atoms. The normalized spacial score (nSPS) is 24.7. The van der Waals surface area contributed by atoms with Crippen molar-refractivity contribution in [1.82, 2.24) is 4.90 Å². The van der Waals surface area contributed by atoms with Gasteiger partial charge in [0.15, 0.2) is 0 Å². The molecule has 122 valence electrons. The van der Waals surface area contributed by atoms with Crippen LogP contribution < -0.4 is 0 Å². The van der Waals surface area contributed by atoms with Gasteiger partial charge < -0.3 is 14.4 Å². The number of aliphatic hydroxyl groups is 1. The summed E-state index contributed by atoms with van der Waals surface area (Å²) in [5.74, 6) is 1.70. The predicted octanol–water partition coefficient (Wildman–Crippen LogP) is 3.49. The highest BCUT2D eigenvalue weighted by Gasteiger charge is 2.36. The molecule has 1 aromatic heterocycles. The summed E-state index contributed by atoms with van der Waals surface area (Å²) >= 11 is 0. The fourth-order valence-corrected chi connectivity index (χ4v) is 2.99. The van der Waals surface area contributed by atoms with Crippen molar-refractivity contribution < 1.29 is 14.3 Å². The second-order valence-corrected chi connectivity index (χ2v) is 6.75. The fourth-order valence-electron chi connectivity index (χ4n) is 2.99. The standard InChI is InChI=1S/C19H23NO3/c1-13-12-20(10-9-19(13,3)22)18(21)16-6-4-5-15(11-16)17-8-7-14(2)23-17/h4-8,11,13,22H,9-10,12H2,1-3H3/t13-,19+/m1/s1. The first kappa shape index (κ1) is 15.8. The molecule has 0 spiro atoms. The summed E-state index contributed by atoms with van der Waals surface area (Å²) in [7, 11) is 0. The third-order valence-corrected chi connectivity index (χ3v) is 4.87. The molecular formula is C19H23NO3. The number of piperidine rings is 1. The van der Waals surface area contributed by atoms with Crippen LogP contribution in [0.4, 0.5) is 0 Å². The van der Waals surface area contributed by atoms with Crippen LogP contribution in [-0.2, 0) is 0 Å². The molecule has 1 aliphatic rings. The van der Waals surface area contributed by atoms with Gasteiger partial charge >= 0.3 is 0 Å². The monoisotopic (exact) mass is 313 g/mol. The molecule has 3 rings (SSSR count). The summed E-state index contributed by atoms with van der Waals surface area (Å²) < 4.78 is 5.64. The fraction of sp³-hybridized carbons (Fsp3) is 0.421. The van der Waals surface area contributed by atoms with Gasteiger partial charge in [0.25, 0.3) is 5.91 Å². The maximum atomic E-state index is 12.8. The van der Waals surface area contributed by atoms with E-state index in [0.29, 0.717) is 25.1 Å². The number of furan rings is 1. The van der Waals surface area contributed by atoms with Gasteiger partial charge in [-0.25, -0.2) is 0 Å². The summed E-state index contributed by atoms with van der Waals surface area (Å²) in [5.41, 5.74) is 0.871. The van der Waals surface area contributed by atoms with Gasteiger partial charge in [-0.1, -0.05) is 19.1 Å². The van der Waals surface area contributed by atoms with Crippen LogP contribution in [0.5, 0.6) is 0 Å². The number of hydrogen-bond donors (Lipinski definition) is 1. The molecule has 4 heteroatoms. The predicted molar refractivity (Wildman–Crippen MR) is 89.2 cm³/mol. The Kier molecular flexibility index (Phi) is 4.02. The van der Waals surface area contributed by atoms with Gasteiger partial charge in [0.2, 0.25) is 0 Å². The molecule has 0 saturated carbocycles. The average Bonchev–Trinajstić information content (AvgIpc) is 2.96. The number of rotatable bonds is 2. The highest BCUT2D eigenvalue weighted by Crippen LogP contribution is 2.29. The largest absolute Gasteiger partial charge is 0.461 e. The van der Waals surface area contributed by atoms with Crippen molar-refractivity contribution in [2.45, 2.75) is 32.8 Å². The van der Waals surface area contributed by atoms with Crippen LogP contribution >= 0.6 is 0 Å². The smallest absolute Gasteiger partial charge is 0.253 e. The lowest BCUT2D eigenvalue weighted by Crippen LogP contribution is -2.50. The number of nitrogens with zero attached hydrogens (tertiary/aromatic N) is 1. The van der Waals surface area contributed by atoms with Crippen LogP contribution in [0, 0.1) is 12.8 Å². The molecule has 1 aromatic carbocycles. The van der Waals surface area contributed by atoms with Crippen molar-refractivity contribution in [2.24, 2.45) is 5.92 Å². The molecule has 0 bridgehead atoms. The van der Waals surface area contributed by atoms with Gasteiger partial charge in [0, 0.05) is 30.1 Å². The Morgan fingerprint density at radius 1 is 1.35 bits per heavy atom. The van der Waals surface area contributed by atoms with E-state index in [2.05, 4.69) is 0 Å². The Morgan fingerprint density at radius 3 is 2.78 bits per heavy atom. The molecule has 4 nitrogen and oxygen atoms in total. The van der Waals surface area contributed by atoms with Crippen molar-refractivity contribution in [2.75, 3.05) is 13.1 Å². The molecular weight excluding hydrogens is 290 g/mol. The Labute approximate surface area is 136 Å². The lowest BCUT2D eigenvalue weighted by atomic mass is 9.83. The van der Waals surface area contributed by atoms with E-state index in [4.69, 9.17) is 4.42 Å². The Balaban J connectivity index is 1.81. The molecule has 0 radical (unpaired) electrons. The van der Waals surface area contributed by atoms with E-state index in [0.717, 1.165) is 17.1 Å². The zero-order valence-corrected chi connectivity index (χ0v) is 13.9. The van der Waals surface area contributed by atoms with Crippen molar-refractivity contribution in [3.8, 4) is 11.3 Å². The van der Waals surface area contributed by atoms with Crippen molar-refractivity contribution in [3.05, 3.63) is 47.7 Å². The lowest BCUT2D eigenvalue weighted by molar-refractivity contribution is -0.0439. The summed E-state index contributed by atoms with van der Waals surface area (Å²) in [5, 5.41) is 10.3. The highest BCUT2D eigenvalue weighted by molar-refractivity contribution is 5.95. The first-order chi connectivity index (χ1) is 10.9. The van der Waals surface area contributed by atoms with E-state index < -0.39 is 5.60 Å². The van der Waals surface area contributed by atoms with E-state index in [9.17, 15) is 9.90 Å². The van der Waals surface area contributed by atoms with Gasteiger partial charge in [-0.3, -0.25) is 4.79 Å². The number of benzene rings is 1. The number of likely N-dealkylation sites (tertiary alicyclic amines) is 1. The average molecular weight is 313 g/mol. The summed E-state index contributed by atoms with van der Waals surface area (Å²) in [6, 6.07) is 11.4. The Hall–Kier alpha value is -2.07. The summed E-state index contributed by atoms with van der Waals surface area (Å²) in [6.45, 7) is 6.90. The minimum atomic E-state index is -0.690. The number of aryl methyl sites for hydroxylation is 1. The molecule has 2 aromatic rings. The molecule has 2 atom stereocenters. The van der Waals surface area contributed by atoms with E-state index in [1.54, 1.807) is 0 Å². The molecule has 1 N–H and O–H groups in total. The van der Waals surface area contributed by atoms with Crippen molar-refractivity contribution in [1.29, 1.82) is 0 Å². The highest BCUT2D eigenvalue weighted by atomic mass is 16.3. The van der Waals surface area contributed by atoms with Crippen molar-refractivity contribution in [3.63, 3.8) is 0 Å². The number of carbonyl (C=O) groups is 1. The Morgan fingerprint density at radius 2 is 2.13 bits per heavy atom. The number of hydrogen-bond acceptors (Lipinski definition) is 3. The minimum Gasteiger partial charge on any atom is -0.461 e. The molecule has 2 heterocycles. The zero-order valence-electron chi connectivity index (χ0n) is 13.9. The Bertz CT molecular complexity index is 717. The number of amides is 1. The molecule has 1 aliphatic heterocycles. The quantitative estimate of drug-likeness (QED) is 0.923. The van der Waals surface area contributed by atoms with E-state index in [-0.39, 0.29) is 11.8 Å². The molecule has 0 unspecified atom stereocenters. The first-order valence-electron chi connectivity index (χ1n) is 8.05. The van der Waals surface area contributed by atoms with Gasteiger partial charge in [-0.2, -0.15) is 0 Å². The second-order valence-electron chi connectivity index (χ2n) is 6.75. The number of carbonyl (C=O) groups excluding carboxylic acids is 1. The molecule has 1 saturated heterocycles. The first-order valence-corrected chi connectivity index (χ1v) is 8.05. The van der Waals surface area contributed by atoms with Crippen LogP contribution in [0.15, 0.2) is 40.8 Å². The minimum absolute atomic E-state index is 0.0116. The van der Waals surface area contributed by atoms with Crippen LogP contribution in [0.1, 0.15) is 36.4 Å². The maximum absolute atomic E-state index is 12.8. The van der Waals surface area contributed by atoms with Crippen LogP contribution in [0.3, 0.4) is 0 Å².